The van der Waals surface area contributed by atoms with Crippen molar-refractivity contribution in [3.63, 3.8) is 0 Å². The fourth-order valence-corrected chi connectivity index (χ4v) is 2.89. The summed E-state index contributed by atoms with van der Waals surface area (Å²) in [6.07, 6.45) is 1.96. The molecule has 6 nitrogen and oxygen atoms in total. The number of carbonyl (C=O) groups excluding carboxylic acids is 2. The van der Waals surface area contributed by atoms with E-state index in [4.69, 9.17) is 16.3 Å². The number of aryl methyl sites for hydroxylation is 2. The summed E-state index contributed by atoms with van der Waals surface area (Å²) in [7, 11) is 0. The normalized spacial score (nSPS) is 12.4. The number of benzene rings is 1. The first kappa shape index (κ1) is 22.7. The van der Waals surface area contributed by atoms with Crippen molar-refractivity contribution in [1.29, 1.82) is 0 Å². The summed E-state index contributed by atoms with van der Waals surface area (Å²) < 4.78 is 6.84. The summed E-state index contributed by atoms with van der Waals surface area (Å²) in [5.41, 5.74) is 3.61. The molecule has 0 spiro atoms. The zero-order valence-electron chi connectivity index (χ0n) is 17.5. The van der Waals surface area contributed by atoms with Gasteiger partial charge in [0.1, 0.15) is 5.15 Å². The summed E-state index contributed by atoms with van der Waals surface area (Å²) in [5.74, 6) is -0.608. The minimum absolute atomic E-state index is 0.319. The van der Waals surface area contributed by atoms with Crippen LogP contribution < -0.4 is 5.32 Å². The van der Waals surface area contributed by atoms with Crippen molar-refractivity contribution in [3.8, 4) is 0 Å². The molecule has 1 amide bonds. The first-order valence-electron chi connectivity index (χ1n) is 9.62. The number of nitrogens with zero attached hydrogens (tertiary/aromatic N) is 2. The Morgan fingerprint density at radius 3 is 2.48 bits per heavy atom. The average molecular weight is 418 g/mol. The fourth-order valence-electron chi connectivity index (χ4n) is 2.59. The second kappa shape index (κ2) is 10.3. The highest BCUT2D eigenvalue weighted by atomic mass is 35.5. The predicted molar refractivity (Wildman–Crippen MR) is 115 cm³/mol. The molecule has 1 N–H and O–H groups in total. The van der Waals surface area contributed by atoms with Gasteiger partial charge < -0.3 is 10.1 Å². The molecule has 156 valence electrons. The molecule has 0 fully saturated rings. The van der Waals surface area contributed by atoms with E-state index in [1.165, 1.54) is 11.6 Å². The average Bonchev–Trinajstić information content (AvgIpc) is 2.92. The van der Waals surface area contributed by atoms with Gasteiger partial charge in [0.05, 0.1) is 12.2 Å². The van der Waals surface area contributed by atoms with Gasteiger partial charge in [0.2, 0.25) is 0 Å². The third kappa shape index (κ3) is 6.75. The number of carbonyl (C=O) groups is 2. The predicted octanol–water partition coefficient (Wildman–Crippen LogP) is 3.92. The lowest BCUT2D eigenvalue weighted by Gasteiger charge is -2.13. The molecule has 0 saturated heterocycles. The van der Waals surface area contributed by atoms with Crippen LogP contribution in [0.1, 0.15) is 43.2 Å². The molecule has 0 aliphatic carbocycles. The summed E-state index contributed by atoms with van der Waals surface area (Å²) in [6, 6.07) is 8.13. The van der Waals surface area contributed by atoms with E-state index in [0.29, 0.717) is 35.4 Å². The van der Waals surface area contributed by atoms with E-state index in [-0.39, 0.29) is 5.91 Å². The summed E-state index contributed by atoms with van der Waals surface area (Å²) in [5, 5.41) is 7.63. The molecule has 1 aromatic carbocycles. The number of halogens is 1. The van der Waals surface area contributed by atoms with Crippen LogP contribution in [0.5, 0.6) is 0 Å². The number of hydrogen-bond donors (Lipinski definition) is 1. The van der Waals surface area contributed by atoms with Gasteiger partial charge in [0.25, 0.3) is 5.91 Å². The van der Waals surface area contributed by atoms with E-state index in [1.807, 2.05) is 52.0 Å². The molecule has 0 aliphatic heterocycles. The monoisotopic (exact) mass is 417 g/mol. The summed E-state index contributed by atoms with van der Waals surface area (Å²) >= 11 is 6.45. The SMILES string of the molecule is Cc1ccc(Cn2nc(C)c(/C=C/C(=O)O[C@H](C)C(=O)NCC(C)C)c2Cl)cc1. The van der Waals surface area contributed by atoms with E-state index in [1.54, 1.807) is 17.7 Å². The van der Waals surface area contributed by atoms with Crippen LogP contribution in [0.3, 0.4) is 0 Å². The lowest BCUT2D eigenvalue weighted by molar-refractivity contribution is -0.150. The van der Waals surface area contributed by atoms with Crippen molar-refractivity contribution >= 4 is 29.6 Å². The highest BCUT2D eigenvalue weighted by Gasteiger charge is 2.17. The van der Waals surface area contributed by atoms with E-state index in [2.05, 4.69) is 10.4 Å². The fraction of sp³-hybridized carbons (Fsp3) is 0.409. The van der Waals surface area contributed by atoms with Gasteiger partial charge in [-0.2, -0.15) is 5.10 Å². The lowest BCUT2D eigenvalue weighted by atomic mass is 10.1. The van der Waals surface area contributed by atoms with Gasteiger partial charge in [-0.1, -0.05) is 55.3 Å². The van der Waals surface area contributed by atoms with Gasteiger partial charge in [-0.15, -0.1) is 0 Å². The number of aromatic nitrogens is 2. The minimum Gasteiger partial charge on any atom is -0.449 e. The molecule has 1 heterocycles. The molecule has 1 aromatic heterocycles. The van der Waals surface area contributed by atoms with Crippen LogP contribution in [0.4, 0.5) is 0 Å². The van der Waals surface area contributed by atoms with Gasteiger partial charge in [-0.3, -0.25) is 4.79 Å². The molecule has 7 heteroatoms. The van der Waals surface area contributed by atoms with Crippen LogP contribution in [0.25, 0.3) is 6.08 Å². The largest absolute Gasteiger partial charge is 0.449 e. The minimum atomic E-state index is -0.869. The number of amides is 1. The number of nitrogens with one attached hydrogen (secondary N) is 1. The van der Waals surface area contributed by atoms with E-state index < -0.39 is 12.1 Å². The Balaban J connectivity index is 2.01. The molecular weight excluding hydrogens is 390 g/mol. The standard InChI is InChI=1S/C22H28ClN3O3/c1-14(2)12-24-22(28)17(5)29-20(27)11-10-19-16(4)25-26(21(19)23)13-18-8-6-15(3)7-9-18/h6-11,14,17H,12-13H2,1-5H3,(H,24,28)/b11-10+/t17-/m1/s1. The molecular formula is C22H28ClN3O3. The van der Waals surface area contributed by atoms with Crippen molar-refractivity contribution in [2.75, 3.05) is 6.54 Å². The van der Waals surface area contributed by atoms with Gasteiger partial charge in [0.15, 0.2) is 6.10 Å². The van der Waals surface area contributed by atoms with E-state index in [9.17, 15) is 9.59 Å². The number of hydrogen-bond acceptors (Lipinski definition) is 4. The Morgan fingerprint density at radius 1 is 1.21 bits per heavy atom. The Hall–Kier alpha value is -2.60. The van der Waals surface area contributed by atoms with Crippen LogP contribution in [-0.2, 0) is 20.9 Å². The van der Waals surface area contributed by atoms with Crippen molar-refractivity contribution in [1.82, 2.24) is 15.1 Å². The first-order chi connectivity index (χ1) is 13.7. The van der Waals surface area contributed by atoms with Crippen molar-refractivity contribution in [3.05, 3.63) is 57.9 Å². The van der Waals surface area contributed by atoms with Crippen molar-refractivity contribution in [2.24, 2.45) is 5.92 Å². The zero-order chi connectivity index (χ0) is 21.6. The molecule has 1 atom stereocenters. The second-order valence-corrected chi connectivity index (χ2v) is 7.84. The van der Waals surface area contributed by atoms with Gasteiger partial charge in [0, 0.05) is 18.2 Å². The Labute approximate surface area is 176 Å². The van der Waals surface area contributed by atoms with Gasteiger partial charge in [-0.05, 0) is 38.3 Å². The van der Waals surface area contributed by atoms with Crippen LogP contribution >= 0.6 is 11.6 Å². The van der Waals surface area contributed by atoms with E-state index >= 15 is 0 Å². The van der Waals surface area contributed by atoms with Crippen LogP contribution in [0.15, 0.2) is 30.3 Å². The molecule has 0 saturated carbocycles. The molecule has 0 radical (unpaired) electrons. The summed E-state index contributed by atoms with van der Waals surface area (Å²) in [4.78, 5) is 24.0. The lowest BCUT2D eigenvalue weighted by Crippen LogP contribution is -2.37. The van der Waals surface area contributed by atoms with Crippen LogP contribution in [0, 0.1) is 19.8 Å². The number of ether oxygens (including phenoxy) is 1. The Kier molecular flexibility index (Phi) is 8.02. The summed E-state index contributed by atoms with van der Waals surface area (Å²) in [6.45, 7) is 10.4. The Bertz CT molecular complexity index is 885. The third-order valence-electron chi connectivity index (χ3n) is 4.30. The molecule has 0 unspecified atom stereocenters. The molecule has 2 aromatic rings. The maximum atomic E-state index is 12.1. The molecule has 0 aliphatic rings. The van der Waals surface area contributed by atoms with Crippen molar-refractivity contribution in [2.45, 2.75) is 47.3 Å². The van der Waals surface area contributed by atoms with Gasteiger partial charge in [-0.25, -0.2) is 9.48 Å². The second-order valence-electron chi connectivity index (χ2n) is 7.48. The number of esters is 1. The molecule has 2 rings (SSSR count). The Morgan fingerprint density at radius 2 is 1.86 bits per heavy atom. The van der Waals surface area contributed by atoms with E-state index in [0.717, 1.165) is 5.56 Å². The molecule has 0 bridgehead atoms. The van der Waals surface area contributed by atoms with Crippen LogP contribution in [0.2, 0.25) is 5.15 Å². The van der Waals surface area contributed by atoms with Crippen LogP contribution in [-0.4, -0.2) is 34.3 Å². The number of rotatable bonds is 8. The smallest absolute Gasteiger partial charge is 0.331 e. The quantitative estimate of drug-likeness (QED) is 0.522. The molecule has 29 heavy (non-hydrogen) atoms. The topological polar surface area (TPSA) is 73.2 Å². The first-order valence-corrected chi connectivity index (χ1v) is 10.00. The highest BCUT2D eigenvalue weighted by Crippen LogP contribution is 2.22. The van der Waals surface area contributed by atoms with Crippen molar-refractivity contribution < 1.29 is 14.3 Å². The third-order valence-corrected chi connectivity index (χ3v) is 4.69. The maximum Gasteiger partial charge on any atom is 0.331 e. The maximum absolute atomic E-state index is 12.1. The zero-order valence-corrected chi connectivity index (χ0v) is 18.3. The highest BCUT2D eigenvalue weighted by molar-refractivity contribution is 6.31. The van der Waals surface area contributed by atoms with Gasteiger partial charge >= 0.3 is 5.97 Å².